The summed E-state index contributed by atoms with van der Waals surface area (Å²) in [7, 11) is 0. The summed E-state index contributed by atoms with van der Waals surface area (Å²) in [6.07, 6.45) is 0. The number of carbonyl (C=O) groups is 1. The van der Waals surface area contributed by atoms with Crippen LogP contribution in [0.15, 0.2) is 24.3 Å². The summed E-state index contributed by atoms with van der Waals surface area (Å²) in [5.41, 5.74) is 0.864. The highest BCUT2D eigenvalue weighted by molar-refractivity contribution is 14.1. The Morgan fingerprint density at radius 1 is 1.50 bits per heavy atom. The van der Waals surface area contributed by atoms with Crippen LogP contribution in [0.25, 0.3) is 0 Å². The average molecular weight is 387 g/mol. The third kappa shape index (κ3) is 3.26. The van der Waals surface area contributed by atoms with Crippen LogP contribution in [0.4, 0.5) is 5.69 Å². The second kappa shape index (κ2) is 5.00. The molecule has 0 aliphatic rings. The van der Waals surface area contributed by atoms with Crippen molar-refractivity contribution in [3.63, 3.8) is 0 Å². The van der Waals surface area contributed by atoms with Crippen molar-refractivity contribution in [3.8, 4) is 0 Å². The van der Waals surface area contributed by atoms with Gasteiger partial charge in [-0.25, -0.2) is 0 Å². The van der Waals surface area contributed by atoms with Gasteiger partial charge in [0.15, 0.2) is 0 Å². The molecule has 1 aromatic carbocycles. The molecule has 2 nitrogen and oxygen atoms in total. The zero-order valence-electron chi connectivity index (χ0n) is 6.18. The number of rotatable bonds is 2. The molecule has 0 radical (unpaired) electrons. The number of nitrogens with one attached hydrogen (secondary N) is 1. The highest BCUT2D eigenvalue weighted by Crippen LogP contribution is 2.12. The molecule has 12 heavy (non-hydrogen) atoms. The molecule has 1 rings (SSSR count). The summed E-state index contributed by atoms with van der Waals surface area (Å²) in [6, 6.07) is 7.72. The van der Waals surface area contributed by atoms with Crippen molar-refractivity contribution < 1.29 is 4.79 Å². The molecule has 0 saturated heterocycles. The van der Waals surface area contributed by atoms with Gasteiger partial charge in [-0.15, -0.1) is 0 Å². The maximum Gasteiger partial charge on any atom is 0.234 e. The van der Waals surface area contributed by atoms with Gasteiger partial charge in [0.2, 0.25) is 5.91 Å². The van der Waals surface area contributed by atoms with E-state index in [2.05, 4.69) is 27.9 Å². The van der Waals surface area contributed by atoms with Gasteiger partial charge in [-0.3, -0.25) is 4.79 Å². The van der Waals surface area contributed by atoms with E-state index in [-0.39, 0.29) is 5.91 Å². The Balaban J connectivity index is 2.69. The normalized spacial score (nSPS) is 9.50. The van der Waals surface area contributed by atoms with Crippen LogP contribution in [0.5, 0.6) is 0 Å². The van der Waals surface area contributed by atoms with E-state index < -0.39 is 0 Å². The first kappa shape index (κ1) is 10.2. The van der Waals surface area contributed by atoms with Crippen molar-refractivity contribution in [3.05, 3.63) is 27.8 Å². The van der Waals surface area contributed by atoms with Gasteiger partial charge in [0.25, 0.3) is 0 Å². The fourth-order valence-corrected chi connectivity index (χ4v) is 1.49. The lowest BCUT2D eigenvalue weighted by Crippen LogP contribution is -2.11. The number of benzene rings is 1. The van der Waals surface area contributed by atoms with Gasteiger partial charge in [0, 0.05) is 9.26 Å². The number of anilines is 1. The average Bonchev–Trinajstić information content (AvgIpc) is 2.04. The second-order valence-electron chi connectivity index (χ2n) is 2.19. The Morgan fingerprint density at radius 2 is 2.25 bits per heavy atom. The summed E-state index contributed by atoms with van der Waals surface area (Å²) < 4.78 is 1.61. The molecule has 4 heteroatoms. The highest BCUT2D eigenvalue weighted by Gasteiger charge is 1.98. The fraction of sp³-hybridized carbons (Fsp3) is 0.125. The van der Waals surface area contributed by atoms with Gasteiger partial charge in [0.1, 0.15) is 0 Å². The van der Waals surface area contributed by atoms with Crippen LogP contribution >= 0.6 is 45.2 Å². The van der Waals surface area contributed by atoms with Gasteiger partial charge in [0.05, 0.1) is 4.43 Å². The van der Waals surface area contributed by atoms with Crippen LogP contribution in [0.2, 0.25) is 0 Å². The molecule has 0 spiro atoms. The van der Waals surface area contributed by atoms with E-state index in [4.69, 9.17) is 0 Å². The molecule has 0 heterocycles. The maximum atomic E-state index is 11.0. The van der Waals surface area contributed by atoms with E-state index >= 15 is 0 Å². The van der Waals surface area contributed by atoms with E-state index in [9.17, 15) is 4.79 Å². The Kier molecular flexibility index (Phi) is 4.27. The fourth-order valence-electron chi connectivity index (χ4n) is 0.761. The first-order chi connectivity index (χ1) is 5.72. The summed E-state index contributed by atoms with van der Waals surface area (Å²) in [5, 5.41) is 2.78. The smallest absolute Gasteiger partial charge is 0.234 e. The first-order valence-electron chi connectivity index (χ1n) is 3.34. The number of amides is 1. The number of hydrogen-bond donors (Lipinski definition) is 1. The largest absolute Gasteiger partial charge is 0.325 e. The molecular formula is C8H7I2NO. The molecule has 0 atom stereocenters. The predicted octanol–water partition coefficient (Wildman–Crippen LogP) is 2.66. The standard InChI is InChI=1S/C8H7I2NO/c9-5-8(12)11-7-3-1-2-6(10)4-7/h1-4H,5H2,(H,11,12). The molecule has 1 amide bonds. The molecule has 0 saturated carbocycles. The lowest BCUT2D eigenvalue weighted by atomic mass is 10.3. The molecule has 0 bridgehead atoms. The Hall–Kier alpha value is 0.150. The van der Waals surface area contributed by atoms with Gasteiger partial charge < -0.3 is 5.32 Å². The highest BCUT2D eigenvalue weighted by atomic mass is 127. The quantitative estimate of drug-likeness (QED) is 0.614. The second-order valence-corrected chi connectivity index (χ2v) is 4.20. The van der Waals surface area contributed by atoms with Crippen molar-refractivity contribution in [1.82, 2.24) is 0 Å². The van der Waals surface area contributed by atoms with E-state index in [1.165, 1.54) is 0 Å². The Morgan fingerprint density at radius 3 is 2.83 bits per heavy atom. The van der Waals surface area contributed by atoms with Crippen molar-refractivity contribution in [1.29, 1.82) is 0 Å². The number of alkyl halides is 1. The molecule has 0 aromatic heterocycles. The molecule has 64 valence electrons. The zero-order chi connectivity index (χ0) is 8.97. The summed E-state index contributed by atoms with van der Waals surface area (Å²) in [4.78, 5) is 11.0. The van der Waals surface area contributed by atoms with E-state index in [1.54, 1.807) is 0 Å². The molecule has 0 aliphatic heterocycles. The van der Waals surface area contributed by atoms with Crippen LogP contribution in [-0.2, 0) is 4.79 Å². The van der Waals surface area contributed by atoms with E-state index in [1.807, 2.05) is 46.9 Å². The number of hydrogen-bond acceptors (Lipinski definition) is 1. The molecule has 0 unspecified atom stereocenters. The summed E-state index contributed by atoms with van der Waals surface area (Å²) >= 11 is 4.25. The summed E-state index contributed by atoms with van der Waals surface area (Å²) in [5.74, 6) is 0.0394. The van der Waals surface area contributed by atoms with Gasteiger partial charge >= 0.3 is 0 Å². The third-order valence-corrected chi connectivity index (χ3v) is 2.59. The molecule has 0 aliphatic carbocycles. The Bertz CT molecular complexity index is 288. The van der Waals surface area contributed by atoms with Crippen LogP contribution in [-0.4, -0.2) is 10.3 Å². The zero-order valence-corrected chi connectivity index (χ0v) is 10.5. The van der Waals surface area contributed by atoms with Gasteiger partial charge in [-0.05, 0) is 40.8 Å². The minimum Gasteiger partial charge on any atom is -0.325 e. The summed E-state index contributed by atoms with van der Waals surface area (Å²) in [6.45, 7) is 0. The van der Waals surface area contributed by atoms with Crippen molar-refractivity contribution in [2.24, 2.45) is 0 Å². The minimum atomic E-state index is 0.0394. The monoisotopic (exact) mass is 387 g/mol. The van der Waals surface area contributed by atoms with Crippen LogP contribution in [0.1, 0.15) is 0 Å². The van der Waals surface area contributed by atoms with Crippen molar-refractivity contribution in [2.75, 3.05) is 9.74 Å². The third-order valence-electron chi connectivity index (χ3n) is 1.23. The molecular weight excluding hydrogens is 380 g/mol. The molecule has 0 fully saturated rings. The lowest BCUT2D eigenvalue weighted by molar-refractivity contribution is -0.113. The topological polar surface area (TPSA) is 29.1 Å². The predicted molar refractivity (Wildman–Crippen MR) is 66.7 cm³/mol. The van der Waals surface area contributed by atoms with Gasteiger partial charge in [-0.1, -0.05) is 28.7 Å². The van der Waals surface area contributed by atoms with Crippen LogP contribution in [0.3, 0.4) is 0 Å². The van der Waals surface area contributed by atoms with E-state index in [0.29, 0.717) is 4.43 Å². The first-order valence-corrected chi connectivity index (χ1v) is 5.94. The number of carbonyl (C=O) groups excluding carboxylic acids is 1. The maximum absolute atomic E-state index is 11.0. The minimum absolute atomic E-state index is 0.0394. The Labute approximate surface area is 98.4 Å². The van der Waals surface area contributed by atoms with Crippen molar-refractivity contribution >= 4 is 56.8 Å². The van der Waals surface area contributed by atoms with Gasteiger partial charge in [-0.2, -0.15) is 0 Å². The lowest BCUT2D eigenvalue weighted by Gasteiger charge is -2.02. The molecule has 1 aromatic rings. The molecule has 1 N–H and O–H groups in total. The number of halogens is 2. The SMILES string of the molecule is O=C(CI)Nc1cccc(I)c1. The van der Waals surface area contributed by atoms with Crippen molar-refractivity contribution in [2.45, 2.75) is 0 Å². The van der Waals surface area contributed by atoms with Crippen LogP contribution in [0, 0.1) is 3.57 Å². The van der Waals surface area contributed by atoms with E-state index in [0.717, 1.165) is 9.26 Å². The van der Waals surface area contributed by atoms with Crippen LogP contribution < -0.4 is 5.32 Å².